The number of nitrogens with zero attached hydrogens (tertiary/aromatic N) is 3. The molecule has 1 aromatic heterocycles. The lowest BCUT2D eigenvalue weighted by atomic mass is 10.0. The molecule has 0 aliphatic carbocycles. The lowest BCUT2D eigenvalue weighted by Gasteiger charge is -2.34. The van der Waals surface area contributed by atoms with Gasteiger partial charge in [0.05, 0.1) is 18.8 Å². The second kappa shape index (κ2) is 6.87. The van der Waals surface area contributed by atoms with Crippen molar-refractivity contribution in [2.45, 2.75) is 32.9 Å². The molecule has 18 heavy (non-hydrogen) atoms. The van der Waals surface area contributed by atoms with Crippen LogP contribution >= 0.6 is 0 Å². The van der Waals surface area contributed by atoms with Gasteiger partial charge in [-0.15, -0.1) is 0 Å². The van der Waals surface area contributed by atoms with Crippen molar-refractivity contribution >= 4 is 0 Å². The number of methoxy groups -OCH3 is 1. The topological polar surface area (TPSA) is 56.3 Å². The number of aryl methyl sites for hydroxylation is 1. The maximum Gasteiger partial charge on any atom is 0.0615 e. The van der Waals surface area contributed by atoms with Gasteiger partial charge in [-0.25, -0.2) is 0 Å². The monoisotopic (exact) mass is 254 g/mol. The van der Waals surface area contributed by atoms with Gasteiger partial charge in [-0.05, 0) is 20.4 Å². The first kappa shape index (κ1) is 15.1. The highest BCUT2D eigenvalue weighted by Gasteiger charge is 2.25. The Labute approximate surface area is 110 Å². The van der Waals surface area contributed by atoms with Gasteiger partial charge >= 0.3 is 0 Å². The molecular weight excluding hydrogens is 228 g/mol. The molecule has 0 spiro atoms. The highest BCUT2D eigenvalue weighted by molar-refractivity contribution is 5.21. The molecule has 5 nitrogen and oxygen atoms in total. The lowest BCUT2D eigenvalue weighted by molar-refractivity contribution is 0.0749. The minimum atomic E-state index is 0.203. The molecule has 0 aromatic carbocycles. The first-order valence-electron chi connectivity index (χ1n) is 6.50. The zero-order chi connectivity index (χ0) is 13.7. The summed E-state index contributed by atoms with van der Waals surface area (Å²) in [6.45, 7) is 8.65. The molecule has 0 aliphatic heterocycles. The van der Waals surface area contributed by atoms with Crippen molar-refractivity contribution in [3.8, 4) is 0 Å². The summed E-state index contributed by atoms with van der Waals surface area (Å²) in [6, 6.07) is 0.544. The van der Waals surface area contributed by atoms with Crippen molar-refractivity contribution in [3.63, 3.8) is 0 Å². The second-order valence-electron chi connectivity index (χ2n) is 4.70. The van der Waals surface area contributed by atoms with Gasteiger partial charge in [0.2, 0.25) is 0 Å². The molecule has 0 saturated carbocycles. The van der Waals surface area contributed by atoms with E-state index in [-0.39, 0.29) is 6.04 Å². The smallest absolute Gasteiger partial charge is 0.0615 e. The Morgan fingerprint density at radius 1 is 1.56 bits per heavy atom. The van der Waals surface area contributed by atoms with Crippen LogP contribution in [-0.4, -0.2) is 47.5 Å². The Kier molecular flexibility index (Phi) is 5.78. The minimum Gasteiger partial charge on any atom is -0.383 e. The molecule has 0 saturated heterocycles. The molecule has 0 radical (unpaired) electrons. The molecule has 0 fully saturated rings. The van der Waals surface area contributed by atoms with E-state index in [0.717, 1.165) is 6.54 Å². The lowest BCUT2D eigenvalue weighted by Crippen LogP contribution is -2.42. The summed E-state index contributed by atoms with van der Waals surface area (Å²) in [4.78, 5) is 2.37. The predicted octanol–water partition coefficient (Wildman–Crippen LogP) is 1.09. The van der Waals surface area contributed by atoms with Crippen molar-refractivity contribution in [2.24, 2.45) is 12.8 Å². The van der Waals surface area contributed by atoms with Crippen LogP contribution in [0.1, 0.15) is 31.1 Å². The van der Waals surface area contributed by atoms with Gasteiger partial charge in [0, 0.05) is 38.0 Å². The maximum atomic E-state index is 5.97. The van der Waals surface area contributed by atoms with Gasteiger partial charge in [0.15, 0.2) is 0 Å². The van der Waals surface area contributed by atoms with Gasteiger partial charge in [0.25, 0.3) is 0 Å². The summed E-state index contributed by atoms with van der Waals surface area (Å²) in [5, 5.41) is 4.31. The molecule has 2 N–H and O–H groups in total. The fourth-order valence-electron chi connectivity index (χ4n) is 2.46. The van der Waals surface area contributed by atoms with E-state index in [9.17, 15) is 0 Å². The van der Waals surface area contributed by atoms with Gasteiger partial charge in [-0.2, -0.15) is 5.10 Å². The predicted molar refractivity (Wildman–Crippen MR) is 73.5 cm³/mol. The summed E-state index contributed by atoms with van der Waals surface area (Å²) in [7, 11) is 3.69. The summed E-state index contributed by atoms with van der Waals surface area (Å²) in [6.07, 6.45) is 1.93. The van der Waals surface area contributed by atoms with Crippen LogP contribution in [0.4, 0.5) is 0 Å². The van der Waals surface area contributed by atoms with E-state index in [2.05, 4.69) is 30.8 Å². The molecule has 1 rings (SSSR count). The van der Waals surface area contributed by atoms with Crippen molar-refractivity contribution in [3.05, 3.63) is 17.5 Å². The molecule has 1 aromatic rings. The van der Waals surface area contributed by atoms with Crippen LogP contribution in [0.3, 0.4) is 0 Å². The number of nitrogens with two attached hydrogens (primary N) is 1. The fraction of sp³-hybridized carbons (Fsp3) is 0.769. The number of likely N-dealkylation sites (N-methyl/N-ethyl adjacent to an activating group) is 1. The molecule has 104 valence electrons. The van der Waals surface area contributed by atoms with Crippen LogP contribution in [0, 0.1) is 6.92 Å². The van der Waals surface area contributed by atoms with E-state index >= 15 is 0 Å². The Bertz CT molecular complexity index is 364. The average molecular weight is 254 g/mol. The van der Waals surface area contributed by atoms with E-state index in [1.807, 2.05) is 17.9 Å². The SMILES string of the molecule is CCN(C(C)COC)C(CN)c1cnn(C)c1C. The molecule has 0 bridgehead atoms. The highest BCUT2D eigenvalue weighted by atomic mass is 16.5. The van der Waals surface area contributed by atoms with Crippen molar-refractivity contribution < 1.29 is 4.74 Å². The summed E-state index contributed by atoms with van der Waals surface area (Å²) >= 11 is 0. The van der Waals surface area contributed by atoms with Gasteiger partial charge in [0.1, 0.15) is 0 Å². The molecule has 0 amide bonds. The molecule has 5 heteroatoms. The van der Waals surface area contributed by atoms with Gasteiger partial charge in [-0.3, -0.25) is 9.58 Å². The minimum absolute atomic E-state index is 0.203. The Morgan fingerprint density at radius 2 is 2.22 bits per heavy atom. The fourth-order valence-corrected chi connectivity index (χ4v) is 2.46. The summed E-state index contributed by atoms with van der Waals surface area (Å²) in [5.41, 5.74) is 8.36. The Morgan fingerprint density at radius 3 is 2.61 bits per heavy atom. The van der Waals surface area contributed by atoms with E-state index in [4.69, 9.17) is 10.5 Å². The molecule has 0 aliphatic rings. The Hall–Kier alpha value is -0.910. The average Bonchev–Trinajstić information content (AvgIpc) is 2.67. The zero-order valence-electron chi connectivity index (χ0n) is 12.2. The molecular formula is C13H26N4O. The third-order valence-electron chi connectivity index (χ3n) is 3.59. The molecule has 1 heterocycles. The second-order valence-corrected chi connectivity index (χ2v) is 4.70. The summed E-state index contributed by atoms with van der Waals surface area (Å²) in [5.74, 6) is 0. The van der Waals surface area contributed by atoms with Gasteiger partial charge in [-0.1, -0.05) is 6.92 Å². The number of rotatable bonds is 7. The zero-order valence-corrected chi connectivity index (χ0v) is 12.2. The van der Waals surface area contributed by atoms with E-state index in [1.54, 1.807) is 7.11 Å². The summed E-state index contributed by atoms with van der Waals surface area (Å²) < 4.78 is 7.14. The van der Waals surface area contributed by atoms with Crippen LogP contribution in [-0.2, 0) is 11.8 Å². The van der Waals surface area contributed by atoms with E-state index in [1.165, 1.54) is 11.3 Å². The molecule has 2 atom stereocenters. The maximum absolute atomic E-state index is 5.97. The van der Waals surface area contributed by atoms with Crippen LogP contribution in [0.2, 0.25) is 0 Å². The van der Waals surface area contributed by atoms with Crippen molar-refractivity contribution in [1.29, 1.82) is 0 Å². The van der Waals surface area contributed by atoms with Crippen LogP contribution in [0.15, 0.2) is 6.20 Å². The van der Waals surface area contributed by atoms with Crippen LogP contribution in [0.25, 0.3) is 0 Å². The third-order valence-corrected chi connectivity index (χ3v) is 3.59. The van der Waals surface area contributed by atoms with Crippen LogP contribution in [0.5, 0.6) is 0 Å². The van der Waals surface area contributed by atoms with E-state index < -0.39 is 0 Å². The van der Waals surface area contributed by atoms with Crippen molar-refractivity contribution in [1.82, 2.24) is 14.7 Å². The quantitative estimate of drug-likeness (QED) is 0.791. The third kappa shape index (κ3) is 3.10. The standard InChI is InChI=1S/C13H26N4O/c1-6-17(10(2)9-18-5)13(7-14)12-8-15-16(4)11(12)3/h8,10,13H,6-7,9,14H2,1-5H3. The van der Waals surface area contributed by atoms with E-state index in [0.29, 0.717) is 19.2 Å². The first-order valence-corrected chi connectivity index (χ1v) is 6.50. The number of aromatic nitrogens is 2. The number of hydrogen-bond donors (Lipinski definition) is 1. The van der Waals surface area contributed by atoms with Crippen LogP contribution < -0.4 is 5.73 Å². The highest BCUT2D eigenvalue weighted by Crippen LogP contribution is 2.24. The first-order chi connectivity index (χ1) is 8.56. The largest absolute Gasteiger partial charge is 0.383 e. The number of hydrogen-bond acceptors (Lipinski definition) is 4. The molecule has 2 unspecified atom stereocenters. The van der Waals surface area contributed by atoms with Gasteiger partial charge < -0.3 is 10.5 Å². The normalized spacial score (nSPS) is 15.1. The van der Waals surface area contributed by atoms with Crippen molar-refractivity contribution in [2.75, 3.05) is 26.8 Å². The number of ether oxygens (including phenoxy) is 1. The Balaban J connectivity index is 2.96.